The number of carbonyl (C=O) groups excluding carboxylic acids is 3. The first-order chi connectivity index (χ1) is 18.9. The molecule has 0 aliphatic carbocycles. The second-order valence-corrected chi connectivity index (χ2v) is 9.59. The van der Waals surface area contributed by atoms with Crippen LogP contribution in [-0.2, 0) is 23.9 Å². The molecule has 8 heteroatoms. The number of esters is 2. The van der Waals surface area contributed by atoms with E-state index >= 15 is 0 Å². The van der Waals surface area contributed by atoms with E-state index in [9.17, 15) is 14.4 Å². The van der Waals surface area contributed by atoms with E-state index in [4.69, 9.17) is 14.6 Å². The minimum Gasteiger partial charge on any atom is -0.464 e. The molecule has 2 heterocycles. The summed E-state index contributed by atoms with van der Waals surface area (Å²) in [5, 5.41) is 9.46. The number of benzene rings is 3. The van der Waals surface area contributed by atoms with E-state index in [1.54, 1.807) is 32.9 Å². The molecule has 8 nitrogen and oxygen atoms in total. The van der Waals surface area contributed by atoms with Crippen molar-refractivity contribution in [1.82, 2.24) is 5.32 Å². The van der Waals surface area contributed by atoms with E-state index in [-0.39, 0.29) is 19.1 Å². The van der Waals surface area contributed by atoms with E-state index in [2.05, 4.69) is 5.32 Å². The van der Waals surface area contributed by atoms with Crippen LogP contribution in [0.2, 0.25) is 0 Å². The van der Waals surface area contributed by atoms with Crippen LogP contribution in [-0.4, -0.2) is 42.3 Å². The third-order valence-electron chi connectivity index (χ3n) is 7.57. The van der Waals surface area contributed by atoms with Crippen LogP contribution in [0.25, 0.3) is 0 Å². The Morgan fingerprint density at radius 3 is 1.82 bits per heavy atom. The molecule has 1 amide bonds. The number of hydrazone groups is 1. The van der Waals surface area contributed by atoms with Gasteiger partial charge in [-0.15, -0.1) is 0 Å². The molecule has 5 rings (SSSR count). The molecule has 1 fully saturated rings. The third-order valence-corrected chi connectivity index (χ3v) is 7.57. The molecule has 200 valence electrons. The van der Waals surface area contributed by atoms with E-state index < -0.39 is 34.9 Å². The lowest BCUT2D eigenvalue weighted by Crippen LogP contribution is -2.60. The average molecular weight is 526 g/mol. The zero-order valence-electron chi connectivity index (χ0n) is 22.2. The summed E-state index contributed by atoms with van der Waals surface area (Å²) in [6, 6.07) is 26.8. The summed E-state index contributed by atoms with van der Waals surface area (Å²) in [5.41, 5.74) is -1.08. The smallest absolute Gasteiger partial charge is 0.338 e. The molecule has 3 aromatic carbocycles. The van der Waals surface area contributed by atoms with Crippen LogP contribution >= 0.6 is 0 Å². The van der Waals surface area contributed by atoms with Gasteiger partial charge < -0.3 is 9.47 Å². The summed E-state index contributed by atoms with van der Waals surface area (Å²) in [5.74, 6) is -2.97. The first-order valence-electron chi connectivity index (χ1n) is 13.1. The quantitative estimate of drug-likeness (QED) is 0.363. The van der Waals surface area contributed by atoms with Gasteiger partial charge in [-0.1, -0.05) is 78.9 Å². The molecule has 1 N–H and O–H groups in total. The number of nitrogens with zero attached hydrogens (tertiary/aromatic N) is 2. The van der Waals surface area contributed by atoms with Gasteiger partial charge in [0.2, 0.25) is 5.54 Å². The van der Waals surface area contributed by atoms with Gasteiger partial charge in [-0.05, 0) is 44.0 Å². The van der Waals surface area contributed by atoms with Gasteiger partial charge in [0.15, 0.2) is 0 Å². The number of hydrogen-bond donors (Lipinski definition) is 1. The van der Waals surface area contributed by atoms with Crippen LogP contribution in [0.5, 0.6) is 0 Å². The Morgan fingerprint density at radius 2 is 1.31 bits per heavy atom. The van der Waals surface area contributed by atoms with Crippen molar-refractivity contribution in [3.05, 3.63) is 102 Å². The molecular formula is C31H31N3O5. The maximum Gasteiger partial charge on any atom is 0.338 e. The van der Waals surface area contributed by atoms with Crippen LogP contribution in [0.4, 0.5) is 5.69 Å². The lowest BCUT2D eigenvalue weighted by Gasteiger charge is -2.37. The Bertz CT molecular complexity index is 1380. The summed E-state index contributed by atoms with van der Waals surface area (Å²) in [6.45, 7) is 5.23. The van der Waals surface area contributed by atoms with Gasteiger partial charge in [0.1, 0.15) is 5.41 Å². The summed E-state index contributed by atoms with van der Waals surface area (Å²) in [7, 11) is 0. The zero-order valence-corrected chi connectivity index (χ0v) is 22.2. The van der Waals surface area contributed by atoms with Gasteiger partial charge in [-0.2, -0.15) is 10.1 Å². The molecule has 1 spiro atoms. The Balaban J connectivity index is 1.85. The molecule has 3 aromatic rings. The fourth-order valence-corrected chi connectivity index (χ4v) is 6.03. The van der Waals surface area contributed by atoms with Crippen LogP contribution in [0.3, 0.4) is 0 Å². The predicted molar refractivity (Wildman–Crippen MR) is 147 cm³/mol. The molecule has 1 saturated heterocycles. The first kappa shape index (κ1) is 26.3. The summed E-state index contributed by atoms with van der Waals surface area (Å²) in [6.07, 6.45) is 0. The number of para-hydroxylation sites is 1. The molecule has 39 heavy (non-hydrogen) atoms. The van der Waals surface area contributed by atoms with Crippen molar-refractivity contribution in [1.29, 1.82) is 0 Å². The lowest BCUT2D eigenvalue weighted by atomic mass is 9.61. The minimum atomic E-state index is -2.02. The molecule has 3 atom stereocenters. The Kier molecular flexibility index (Phi) is 7.06. The topological polar surface area (TPSA) is 97.3 Å². The number of hydrogen-bond acceptors (Lipinski definition) is 7. The van der Waals surface area contributed by atoms with Crippen molar-refractivity contribution < 1.29 is 23.9 Å². The SMILES string of the molecule is CCOC(=O)C1(C(=O)OCC)N[C@H](c2ccccc2)[C@]2(C(=O)N(c3ccccc3)N=C2C)[C@@H]1c1ccccc1. The maximum absolute atomic E-state index is 14.8. The van der Waals surface area contributed by atoms with Crippen molar-refractivity contribution in [2.24, 2.45) is 10.5 Å². The molecule has 0 saturated carbocycles. The van der Waals surface area contributed by atoms with Gasteiger partial charge in [-0.25, -0.2) is 9.59 Å². The van der Waals surface area contributed by atoms with Gasteiger partial charge in [0.25, 0.3) is 5.91 Å². The van der Waals surface area contributed by atoms with Gasteiger partial charge in [0.05, 0.1) is 30.7 Å². The second-order valence-electron chi connectivity index (χ2n) is 9.59. The van der Waals surface area contributed by atoms with Crippen molar-refractivity contribution in [3.8, 4) is 0 Å². The fourth-order valence-electron chi connectivity index (χ4n) is 6.03. The summed E-state index contributed by atoms with van der Waals surface area (Å²) in [4.78, 5) is 42.8. The van der Waals surface area contributed by atoms with Gasteiger partial charge >= 0.3 is 11.9 Å². The number of amides is 1. The third kappa shape index (κ3) is 3.94. The molecule has 2 aliphatic rings. The number of nitrogens with one attached hydrogen (secondary N) is 1. The molecule has 2 aliphatic heterocycles. The van der Waals surface area contributed by atoms with Crippen molar-refractivity contribution in [2.45, 2.75) is 38.3 Å². The standard InChI is InChI=1S/C31H31N3O5/c1-4-38-28(36)31(29(37)39-5-2)25(22-15-9-6-10-16-22)30(26(32-31)23-17-11-7-12-18-23)21(3)33-34(27(30)35)24-19-13-8-14-20-24/h6-20,25-26,32H,4-5H2,1-3H3/t25-,26+,30+/m0/s1. The van der Waals surface area contributed by atoms with Crippen LogP contribution in [0, 0.1) is 5.41 Å². The Labute approximate surface area is 227 Å². The number of ether oxygens (including phenoxy) is 2. The van der Waals surface area contributed by atoms with E-state index in [1.807, 2.05) is 78.9 Å². The number of carbonyl (C=O) groups is 3. The Morgan fingerprint density at radius 1 is 0.821 bits per heavy atom. The number of anilines is 1. The monoisotopic (exact) mass is 525 g/mol. The maximum atomic E-state index is 14.8. The van der Waals surface area contributed by atoms with Crippen LogP contribution in [0.15, 0.2) is 96.1 Å². The van der Waals surface area contributed by atoms with Gasteiger partial charge in [-0.3, -0.25) is 10.1 Å². The highest BCUT2D eigenvalue weighted by Gasteiger charge is 2.76. The highest BCUT2D eigenvalue weighted by Crippen LogP contribution is 2.61. The minimum absolute atomic E-state index is 0.0450. The molecule has 0 aromatic heterocycles. The van der Waals surface area contributed by atoms with Crippen molar-refractivity contribution in [2.75, 3.05) is 18.2 Å². The molecule has 0 radical (unpaired) electrons. The van der Waals surface area contributed by atoms with E-state index in [1.165, 1.54) is 5.01 Å². The van der Waals surface area contributed by atoms with Crippen LogP contribution < -0.4 is 10.3 Å². The van der Waals surface area contributed by atoms with E-state index in [0.717, 1.165) is 5.56 Å². The average Bonchev–Trinajstić information content (AvgIpc) is 3.44. The highest BCUT2D eigenvalue weighted by molar-refractivity contribution is 6.23. The van der Waals surface area contributed by atoms with E-state index in [0.29, 0.717) is 17.0 Å². The number of rotatable bonds is 7. The van der Waals surface area contributed by atoms with Crippen LogP contribution in [0.1, 0.15) is 43.9 Å². The van der Waals surface area contributed by atoms with Crippen molar-refractivity contribution in [3.63, 3.8) is 0 Å². The zero-order chi connectivity index (χ0) is 27.6. The first-order valence-corrected chi connectivity index (χ1v) is 13.1. The predicted octanol–water partition coefficient (Wildman–Crippen LogP) is 4.39. The highest BCUT2D eigenvalue weighted by atomic mass is 16.6. The normalized spacial score (nSPS) is 23.5. The largest absolute Gasteiger partial charge is 0.464 e. The Hall–Kier alpha value is -4.30. The molecule has 0 bridgehead atoms. The lowest BCUT2D eigenvalue weighted by molar-refractivity contribution is -0.166. The molecular weight excluding hydrogens is 494 g/mol. The second kappa shape index (κ2) is 10.5. The van der Waals surface area contributed by atoms with Gasteiger partial charge in [0, 0.05) is 5.92 Å². The van der Waals surface area contributed by atoms with Crippen molar-refractivity contribution >= 4 is 29.2 Å². The summed E-state index contributed by atoms with van der Waals surface area (Å²) < 4.78 is 11.1. The fraction of sp³-hybridized carbons (Fsp3) is 0.290. The summed E-state index contributed by atoms with van der Waals surface area (Å²) >= 11 is 0. The molecule has 0 unspecified atom stereocenters.